The second-order valence-corrected chi connectivity index (χ2v) is 7.70. The van der Waals surface area contributed by atoms with Gasteiger partial charge in [-0.05, 0) is 26.2 Å². The Morgan fingerprint density at radius 3 is 2.79 bits per heavy atom. The van der Waals surface area contributed by atoms with Crippen LogP contribution < -0.4 is 10.2 Å². The number of thiophene rings is 1. The zero-order valence-electron chi connectivity index (χ0n) is 14.3. The number of amides is 2. The van der Waals surface area contributed by atoms with Crippen LogP contribution in [0.5, 0.6) is 0 Å². The Bertz CT molecular complexity index is 636. The number of hydrogen-bond donors (Lipinski definition) is 1. The van der Waals surface area contributed by atoms with Crippen molar-refractivity contribution < 1.29 is 14.9 Å². The van der Waals surface area contributed by atoms with Crippen molar-refractivity contribution in [3.63, 3.8) is 0 Å². The van der Waals surface area contributed by atoms with E-state index in [9.17, 15) is 9.59 Å². The zero-order chi connectivity index (χ0) is 17.1. The monoisotopic (exact) mass is 349 g/mol. The van der Waals surface area contributed by atoms with E-state index < -0.39 is 0 Å². The number of quaternary nitrogens is 1. The normalized spacial score (nSPS) is 19.4. The summed E-state index contributed by atoms with van der Waals surface area (Å²) >= 11 is 1.72. The van der Waals surface area contributed by atoms with Crippen molar-refractivity contribution in [1.29, 1.82) is 0 Å². The Kier molecular flexibility index (Phi) is 5.33. The molecule has 6 nitrogen and oxygen atoms in total. The number of likely N-dealkylation sites (N-methyl/N-ethyl adjacent to an activating group) is 1. The van der Waals surface area contributed by atoms with E-state index in [1.54, 1.807) is 22.3 Å². The number of anilines is 1. The third kappa shape index (κ3) is 3.85. The lowest BCUT2D eigenvalue weighted by Crippen LogP contribution is -2.95. The Labute approximate surface area is 146 Å². The molecule has 2 aliphatic rings. The maximum atomic E-state index is 12.5. The zero-order valence-corrected chi connectivity index (χ0v) is 15.1. The van der Waals surface area contributed by atoms with Crippen molar-refractivity contribution in [3.05, 3.63) is 29.2 Å². The minimum atomic E-state index is -0.0817. The molecule has 2 fully saturated rings. The average Bonchev–Trinajstić information content (AvgIpc) is 2.93. The summed E-state index contributed by atoms with van der Waals surface area (Å²) in [6, 6.07) is 4.19. The van der Waals surface area contributed by atoms with Crippen LogP contribution in [0, 0.1) is 0 Å². The average molecular weight is 349 g/mol. The highest BCUT2D eigenvalue weighted by Gasteiger charge is 2.30. The number of piperazine rings is 1. The first-order valence-electron chi connectivity index (χ1n) is 8.36. The third-order valence-corrected chi connectivity index (χ3v) is 5.72. The summed E-state index contributed by atoms with van der Waals surface area (Å²) < 4.78 is 0. The fraction of sp³-hybridized carbons (Fsp3) is 0.529. The second-order valence-electron chi connectivity index (χ2n) is 6.60. The van der Waals surface area contributed by atoms with E-state index in [1.807, 2.05) is 36.0 Å². The first kappa shape index (κ1) is 17.1. The molecule has 0 aliphatic carbocycles. The Morgan fingerprint density at radius 2 is 2.17 bits per heavy atom. The molecule has 0 spiro atoms. The van der Waals surface area contributed by atoms with Gasteiger partial charge >= 0.3 is 0 Å². The van der Waals surface area contributed by atoms with Crippen LogP contribution >= 0.6 is 11.3 Å². The van der Waals surface area contributed by atoms with Gasteiger partial charge in [0, 0.05) is 30.6 Å². The first-order valence-corrected chi connectivity index (χ1v) is 9.18. The van der Waals surface area contributed by atoms with Crippen LogP contribution in [0.15, 0.2) is 24.3 Å². The van der Waals surface area contributed by atoms with E-state index in [2.05, 4.69) is 11.4 Å². The topological polar surface area (TPSA) is 60.5 Å². The van der Waals surface area contributed by atoms with Crippen molar-refractivity contribution >= 4 is 28.2 Å². The van der Waals surface area contributed by atoms with Gasteiger partial charge in [0.25, 0.3) is 0 Å². The molecule has 0 saturated carbocycles. The summed E-state index contributed by atoms with van der Waals surface area (Å²) in [5.41, 5.74) is 0. The maximum absolute atomic E-state index is 12.5. The summed E-state index contributed by atoms with van der Waals surface area (Å²) in [4.78, 5) is 31.4. The van der Waals surface area contributed by atoms with Crippen LogP contribution in [0.1, 0.15) is 10.8 Å². The van der Waals surface area contributed by atoms with Gasteiger partial charge in [-0.15, -0.1) is 11.3 Å². The quantitative estimate of drug-likeness (QED) is 0.743. The third-order valence-electron chi connectivity index (χ3n) is 4.45. The van der Waals surface area contributed by atoms with Crippen LogP contribution in [-0.4, -0.2) is 75.0 Å². The van der Waals surface area contributed by atoms with Crippen molar-refractivity contribution in [2.45, 2.75) is 5.92 Å². The summed E-state index contributed by atoms with van der Waals surface area (Å²) in [5, 5.41) is 3.31. The van der Waals surface area contributed by atoms with E-state index in [0.717, 1.165) is 24.6 Å². The molecule has 2 amide bonds. The minimum Gasteiger partial charge on any atom is -0.345 e. The predicted octanol–water partition coefficient (Wildman–Crippen LogP) is -0.298. The second kappa shape index (κ2) is 7.46. The standard InChI is InChI=1S/C17H24N4O2S/c1-19(2)7-3-4-15(22)20-8-9-21(16(23)12-20)17-6-5-14(24-17)13-10-18-11-13/h3-6,13,18H,7-12H2,1-2H3/p+1/b4-3+. The molecular formula is C17H25N4O2S+. The number of rotatable bonds is 5. The van der Waals surface area contributed by atoms with E-state index in [0.29, 0.717) is 19.0 Å². The minimum absolute atomic E-state index is 0.00387. The summed E-state index contributed by atoms with van der Waals surface area (Å²) in [7, 11) is 3.90. The SMILES string of the molecule is CN(C)C/C=C/C(=O)N1CCN(c2ccc(C3C[NH2+]C3)s2)C(=O)C1. The molecule has 130 valence electrons. The van der Waals surface area contributed by atoms with Crippen LogP contribution in [0.3, 0.4) is 0 Å². The van der Waals surface area contributed by atoms with Crippen molar-refractivity contribution in [1.82, 2.24) is 9.80 Å². The number of nitrogens with two attached hydrogens (primary N) is 1. The van der Waals surface area contributed by atoms with E-state index >= 15 is 0 Å². The van der Waals surface area contributed by atoms with Gasteiger partial charge in [-0.2, -0.15) is 0 Å². The predicted molar refractivity (Wildman–Crippen MR) is 95.3 cm³/mol. The lowest BCUT2D eigenvalue weighted by atomic mass is 10.0. The van der Waals surface area contributed by atoms with E-state index in [-0.39, 0.29) is 18.4 Å². The summed E-state index contributed by atoms with van der Waals surface area (Å²) in [6.45, 7) is 4.33. The van der Waals surface area contributed by atoms with Gasteiger partial charge in [0.15, 0.2) is 0 Å². The number of carbonyl (C=O) groups excluding carboxylic acids is 2. The summed E-state index contributed by atoms with van der Waals surface area (Å²) in [6.07, 6.45) is 3.40. The molecule has 3 heterocycles. The van der Waals surface area contributed by atoms with E-state index in [1.165, 1.54) is 4.88 Å². The lowest BCUT2D eigenvalue weighted by Gasteiger charge is -2.33. The lowest BCUT2D eigenvalue weighted by molar-refractivity contribution is -0.712. The van der Waals surface area contributed by atoms with Gasteiger partial charge in [0.1, 0.15) is 6.54 Å². The molecule has 3 rings (SSSR count). The molecule has 0 unspecified atom stereocenters. The Morgan fingerprint density at radius 1 is 1.38 bits per heavy atom. The van der Waals surface area contributed by atoms with Crippen LogP contribution in [0.2, 0.25) is 0 Å². The summed E-state index contributed by atoms with van der Waals surface area (Å²) in [5.74, 6) is 0.564. The van der Waals surface area contributed by atoms with Crippen LogP contribution in [-0.2, 0) is 9.59 Å². The maximum Gasteiger partial charge on any atom is 0.247 e. The van der Waals surface area contributed by atoms with Crippen LogP contribution in [0.25, 0.3) is 0 Å². The molecule has 1 aromatic rings. The number of carbonyl (C=O) groups is 2. The molecule has 7 heteroatoms. The number of nitrogens with zero attached hydrogens (tertiary/aromatic N) is 3. The molecule has 0 bridgehead atoms. The molecule has 2 aliphatic heterocycles. The molecule has 0 atom stereocenters. The molecule has 24 heavy (non-hydrogen) atoms. The van der Waals surface area contributed by atoms with Gasteiger partial charge in [-0.1, -0.05) is 6.08 Å². The molecule has 0 radical (unpaired) electrons. The van der Waals surface area contributed by atoms with Gasteiger partial charge in [-0.25, -0.2) is 0 Å². The molecule has 2 N–H and O–H groups in total. The molecular weight excluding hydrogens is 324 g/mol. The van der Waals surface area contributed by atoms with Gasteiger partial charge in [0.05, 0.1) is 24.0 Å². The van der Waals surface area contributed by atoms with Crippen molar-refractivity contribution in [2.24, 2.45) is 0 Å². The highest BCUT2D eigenvalue weighted by molar-refractivity contribution is 7.16. The Balaban J connectivity index is 1.57. The van der Waals surface area contributed by atoms with Gasteiger partial charge in [0.2, 0.25) is 11.8 Å². The smallest absolute Gasteiger partial charge is 0.247 e. The van der Waals surface area contributed by atoms with Crippen molar-refractivity contribution in [3.8, 4) is 0 Å². The first-order chi connectivity index (χ1) is 11.5. The molecule has 1 aromatic heterocycles. The van der Waals surface area contributed by atoms with Crippen LogP contribution in [0.4, 0.5) is 5.00 Å². The van der Waals surface area contributed by atoms with Gasteiger partial charge in [-0.3, -0.25) is 9.59 Å². The largest absolute Gasteiger partial charge is 0.345 e. The fourth-order valence-electron chi connectivity index (χ4n) is 2.84. The highest BCUT2D eigenvalue weighted by Crippen LogP contribution is 2.32. The molecule has 2 saturated heterocycles. The highest BCUT2D eigenvalue weighted by atomic mass is 32.1. The van der Waals surface area contributed by atoms with Crippen molar-refractivity contribution in [2.75, 3.05) is 58.3 Å². The van der Waals surface area contributed by atoms with Gasteiger partial charge < -0.3 is 20.0 Å². The fourth-order valence-corrected chi connectivity index (χ4v) is 4.01. The van der Waals surface area contributed by atoms with E-state index in [4.69, 9.17) is 0 Å². The number of hydrogen-bond acceptors (Lipinski definition) is 4. The molecule has 0 aromatic carbocycles. The Hall–Kier alpha value is -1.70.